The van der Waals surface area contributed by atoms with E-state index >= 15 is 0 Å². The van der Waals surface area contributed by atoms with Crippen LogP contribution in [0.4, 0.5) is 0 Å². The summed E-state index contributed by atoms with van der Waals surface area (Å²) in [6.45, 7) is 4.73. The van der Waals surface area contributed by atoms with Crippen LogP contribution in [-0.4, -0.2) is 17.4 Å². The van der Waals surface area contributed by atoms with Crippen molar-refractivity contribution in [2.24, 2.45) is 0 Å². The van der Waals surface area contributed by atoms with Crippen LogP contribution < -0.4 is 5.32 Å². The summed E-state index contributed by atoms with van der Waals surface area (Å²) in [4.78, 5) is 16.6. The van der Waals surface area contributed by atoms with Gasteiger partial charge in [-0.1, -0.05) is 6.92 Å². The van der Waals surface area contributed by atoms with Gasteiger partial charge in [0.25, 0.3) is 0 Å². The topological polar surface area (TPSA) is 42.0 Å². The average molecular weight is 212 g/mol. The molecule has 0 bridgehead atoms. The summed E-state index contributed by atoms with van der Waals surface area (Å²) < 4.78 is 0. The van der Waals surface area contributed by atoms with E-state index in [9.17, 15) is 4.79 Å². The third kappa shape index (κ3) is 3.46. The van der Waals surface area contributed by atoms with Crippen molar-refractivity contribution >= 4 is 17.2 Å². The van der Waals surface area contributed by atoms with E-state index in [0.29, 0.717) is 6.42 Å². The zero-order valence-corrected chi connectivity index (χ0v) is 9.49. The van der Waals surface area contributed by atoms with Gasteiger partial charge in [0, 0.05) is 24.3 Å². The molecule has 0 saturated heterocycles. The zero-order chi connectivity index (χ0) is 10.4. The second-order valence-corrected chi connectivity index (χ2v) is 4.15. The molecule has 1 heterocycles. The summed E-state index contributed by atoms with van der Waals surface area (Å²) in [6.07, 6.45) is 2.43. The zero-order valence-electron chi connectivity index (χ0n) is 8.67. The molecule has 0 spiro atoms. The smallest absolute Gasteiger partial charge is 0.219 e. The lowest BCUT2D eigenvalue weighted by Crippen LogP contribution is -2.25. The van der Waals surface area contributed by atoms with E-state index in [-0.39, 0.29) is 5.91 Å². The SMILES string of the molecule is CCCC(=O)NCCc1scnc1C. The second-order valence-electron chi connectivity index (χ2n) is 3.21. The number of carbonyl (C=O) groups excluding carboxylic acids is 1. The van der Waals surface area contributed by atoms with Gasteiger partial charge < -0.3 is 5.32 Å². The molecule has 14 heavy (non-hydrogen) atoms. The van der Waals surface area contributed by atoms with Crippen LogP contribution >= 0.6 is 11.3 Å². The Bertz CT molecular complexity index is 296. The average Bonchev–Trinajstić information content (AvgIpc) is 2.52. The van der Waals surface area contributed by atoms with Crippen molar-refractivity contribution in [2.45, 2.75) is 33.1 Å². The van der Waals surface area contributed by atoms with Crippen LogP contribution in [0.3, 0.4) is 0 Å². The monoisotopic (exact) mass is 212 g/mol. The largest absolute Gasteiger partial charge is 0.356 e. The molecule has 0 fully saturated rings. The number of hydrogen-bond donors (Lipinski definition) is 1. The Morgan fingerprint density at radius 1 is 1.64 bits per heavy atom. The van der Waals surface area contributed by atoms with Gasteiger partial charge >= 0.3 is 0 Å². The maximum atomic E-state index is 11.1. The van der Waals surface area contributed by atoms with Gasteiger partial charge in [0.1, 0.15) is 0 Å². The molecule has 0 aromatic carbocycles. The highest BCUT2D eigenvalue weighted by Crippen LogP contribution is 2.11. The third-order valence-corrected chi connectivity index (χ3v) is 2.99. The Labute approximate surface area is 88.6 Å². The van der Waals surface area contributed by atoms with Crippen molar-refractivity contribution in [3.05, 3.63) is 16.1 Å². The van der Waals surface area contributed by atoms with Gasteiger partial charge in [0.05, 0.1) is 11.2 Å². The molecular formula is C10H16N2OS. The maximum Gasteiger partial charge on any atom is 0.219 e. The minimum absolute atomic E-state index is 0.148. The summed E-state index contributed by atoms with van der Waals surface area (Å²) in [5.41, 5.74) is 2.93. The highest BCUT2D eigenvalue weighted by Gasteiger charge is 2.02. The predicted octanol–water partition coefficient (Wildman–Crippen LogP) is 1.91. The summed E-state index contributed by atoms with van der Waals surface area (Å²) >= 11 is 1.65. The number of carbonyl (C=O) groups is 1. The fourth-order valence-electron chi connectivity index (χ4n) is 1.20. The molecule has 1 rings (SSSR count). The lowest BCUT2D eigenvalue weighted by Gasteiger charge is -2.02. The van der Waals surface area contributed by atoms with Crippen molar-refractivity contribution in [3.63, 3.8) is 0 Å². The molecule has 0 unspecified atom stereocenters. The number of rotatable bonds is 5. The standard InChI is InChI=1S/C10H16N2OS/c1-3-4-10(13)11-6-5-9-8(2)12-7-14-9/h7H,3-6H2,1-2H3,(H,11,13). The van der Waals surface area contributed by atoms with Gasteiger partial charge in [-0.15, -0.1) is 11.3 Å². The van der Waals surface area contributed by atoms with Crippen molar-refractivity contribution in [3.8, 4) is 0 Å². The molecule has 0 saturated carbocycles. The Morgan fingerprint density at radius 2 is 2.43 bits per heavy atom. The van der Waals surface area contributed by atoms with Crippen molar-refractivity contribution in [1.82, 2.24) is 10.3 Å². The highest BCUT2D eigenvalue weighted by atomic mass is 32.1. The predicted molar refractivity (Wildman–Crippen MR) is 58.5 cm³/mol. The van der Waals surface area contributed by atoms with Crippen LogP contribution in [0.15, 0.2) is 5.51 Å². The molecule has 1 aromatic rings. The lowest BCUT2D eigenvalue weighted by atomic mass is 10.3. The van der Waals surface area contributed by atoms with Gasteiger partial charge in [-0.3, -0.25) is 4.79 Å². The van der Waals surface area contributed by atoms with Crippen molar-refractivity contribution in [1.29, 1.82) is 0 Å². The van der Waals surface area contributed by atoms with Crippen LogP contribution in [0.25, 0.3) is 0 Å². The van der Waals surface area contributed by atoms with Gasteiger partial charge in [-0.2, -0.15) is 0 Å². The molecule has 0 radical (unpaired) electrons. The molecule has 78 valence electrons. The molecule has 1 N–H and O–H groups in total. The lowest BCUT2D eigenvalue weighted by molar-refractivity contribution is -0.121. The first-order valence-corrected chi connectivity index (χ1v) is 5.77. The molecule has 0 aliphatic carbocycles. The molecule has 0 aliphatic heterocycles. The first-order chi connectivity index (χ1) is 6.74. The summed E-state index contributed by atoms with van der Waals surface area (Å²) in [5, 5.41) is 2.89. The number of thiazole rings is 1. The number of nitrogens with zero attached hydrogens (tertiary/aromatic N) is 1. The molecule has 4 heteroatoms. The molecular weight excluding hydrogens is 196 g/mol. The number of aryl methyl sites for hydroxylation is 1. The fraction of sp³-hybridized carbons (Fsp3) is 0.600. The van der Waals surface area contributed by atoms with E-state index in [4.69, 9.17) is 0 Å². The van der Waals surface area contributed by atoms with Crippen LogP contribution in [-0.2, 0) is 11.2 Å². The first kappa shape index (κ1) is 11.2. The minimum Gasteiger partial charge on any atom is -0.356 e. The van der Waals surface area contributed by atoms with E-state index in [1.807, 2.05) is 19.4 Å². The summed E-state index contributed by atoms with van der Waals surface area (Å²) in [6, 6.07) is 0. The number of hydrogen-bond acceptors (Lipinski definition) is 3. The van der Waals surface area contributed by atoms with E-state index in [1.54, 1.807) is 11.3 Å². The Balaban J connectivity index is 2.22. The van der Waals surface area contributed by atoms with Gasteiger partial charge in [-0.25, -0.2) is 4.98 Å². The molecule has 1 aromatic heterocycles. The molecule has 0 atom stereocenters. The number of aromatic nitrogens is 1. The second kappa shape index (κ2) is 5.75. The molecule has 1 amide bonds. The van der Waals surface area contributed by atoms with Crippen LogP contribution in [0, 0.1) is 6.92 Å². The molecule has 3 nitrogen and oxygen atoms in total. The van der Waals surface area contributed by atoms with Crippen LogP contribution in [0.1, 0.15) is 30.3 Å². The number of nitrogens with one attached hydrogen (secondary N) is 1. The van der Waals surface area contributed by atoms with Gasteiger partial charge in [-0.05, 0) is 13.3 Å². The van der Waals surface area contributed by atoms with Crippen molar-refractivity contribution in [2.75, 3.05) is 6.54 Å². The van der Waals surface area contributed by atoms with Gasteiger partial charge in [0.2, 0.25) is 5.91 Å². The van der Waals surface area contributed by atoms with Crippen LogP contribution in [0.2, 0.25) is 0 Å². The van der Waals surface area contributed by atoms with E-state index in [1.165, 1.54) is 4.88 Å². The quantitative estimate of drug-likeness (QED) is 0.810. The number of amides is 1. The summed E-state index contributed by atoms with van der Waals surface area (Å²) in [5.74, 6) is 0.148. The normalized spacial score (nSPS) is 10.1. The van der Waals surface area contributed by atoms with Gasteiger partial charge in [0.15, 0.2) is 0 Å². The minimum atomic E-state index is 0.148. The Hall–Kier alpha value is -0.900. The Morgan fingerprint density at radius 3 is 3.00 bits per heavy atom. The summed E-state index contributed by atoms with van der Waals surface area (Å²) in [7, 11) is 0. The fourth-order valence-corrected chi connectivity index (χ4v) is 1.98. The van der Waals surface area contributed by atoms with Crippen molar-refractivity contribution < 1.29 is 4.79 Å². The third-order valence-electron chi connectivity index (χ3n) is 2.00. The van der Waals surface area contributed by atoms with E-state index < -0.39 is 0 Å². The van der Waals surface area contributed by atoms with Crippen LogP contribution in [0.5, 0.6) is 0 Å². The molecule has 0 aliphatic rings. The van der Waals surface area contributed by atoms with E-state index in [2.05, 4.69) is 10.3 Å². The Kier molecular flexibility index (Phi) is 4.59. The highest BCUT2D eigenvalue weighted by molar-refractivity contribution is 7.09. The maximum absolute atomic E-state index is 11.1. The van der Waals surface area contributed by atoms with E-state index in [0.717, 1.165) is 25.1 Å². The first-order valence-electron chi connectivity index (χ1n) is 4.89.